The van der Waals surface area contributed by atoms with Crippen LogP contribution in [-0.4, -0.2) is 11.1 Å². The van der Waals surface area contributed by atoms with Crippen molar-refractivity contribution in [2.75, 3.05) is 0 Å². The van der Waals surface area contributed by atoms with Gasteiger partial charge in [-0.05, 0) is 29.3 Å². The van der Waals surface area contributed by atoms with E-state index >= 15 is 0 Å². The van der Waals surface area contributed by atoms with E-state index in [0.29, 0.717) is 11.4 Å². The maximum absolute atomic E-state index is 10.5. The molecule has 90 valence electrons. The summed E-state index contributed by atoms with van der Waals surface area (Å²) in [5.41, 5.74) is 1.91. The van der Waals surface area contributed by atoms with Crippen molar-refractivity contribution in [3.63, 3.8) is 0 Å². The smallest absolute Gasteiger partial charge is 0.235 e. The van der Waals surface area contributed by atoms with Crippen LogP contribution in [0.5, 0.6) is 0 Å². The lowest BCUT2D eigenvalue weighted by molar-refractivity contribution is 0.557. The molecule has 1 aromatic heterocycles. The summed E-state index contributed by atoms with van der Waals surface area (Å²) in [5.74, 6) is 0. The molecule has 1 atom stereocenters. The summed E-state index contributed by atoms with van der Waals surface area (Å²) < 4.78 is 0. The van der Waals surface area contributed by atoms with Gasteiger partial charge in [-0.25, -0.2) is 4.79 Å². The number of hydrogen-bond acceptors (Lipinski definition) is 3. The molecule has 0 aliphatic carbocycles. The third-order valence-electron chi connectivity index (χ3n) is 2.59. The fourth-order valence-electron chi connectivity index (χ4n) is 1.76. The third kappa shape index (κ3) is 3.27. The number of aliphatic imine (C=N–C) groups is 1. The van der Waals surface area contributed by atoms with Crippen LogP contribution < -0.4 is 0 Å². The lowest BCUT2D eigenvalue weighted by Crippen LogP contribution is -2.00. The molecule has 0 N–H and O–H groups in total. The van der Waals surface area contributed by atoms with Crippen molar-refractivity contribution in [3.8, 4) is 0 Å². The predicted molar refractivity (Wildman–Crippen MR) is 70.3 cm³/mol. The van der Waals surface area contributed by atoms with Crippen molar-refractivity contribution in [3.05, 3.63) is 64.9 Å². The van der Waals surface area contributed by atoms with Crippen molar-refractivity contribution in [2.45, 2.75) is 12.5 Å². The number of carbonyl (C=O) groups excluding carboxylic acids is 1. The monoisotopic (exact) mass is 258 g/mol. The number of aromatic nitrogens is 1. The molecule has 0 bridgehead atoms. The minimum Gasteiger partial charge on any atom is -0.264 e. The first-order valence-electron chi connectivity index (χ1n) is 5.51. The summed E-state index contributed by atoms with van der Waals surface area (Å²) >= 11 is 5.94. The van der Waals surface area contributed by atoms with Gasteiger partial charge >= 0.3 is 0 Å². The summed E-state index contributed by atoms with van der Waals surface area (Å²) in [6, 6.07) is 10.9. The Labute approximate surface area is 110 Å². The van der Waals surface area contributed by atoms with Crippen LogP contribution in [-0.2, 0) is 11.2 Å². The van der Waals surface area contributed by atoms with Crippen molar-refractivity contribution in [2.24, 2.45) is 4.99 Å². The van der Waals surface area contributed by atoms with E-state index in [-0.39, 0.29) is 6.04 Å². The van der Waals surface area contributed by atoms with Gasteiger partial charge in [0, 0.05) is 23.8 Å². The molecule has 0 fully saturated rings. The van der Waals surface area contributed by atoms with E-state index in [1.54, 1.807) is 24.5 Å². The highest BCUT2D eigenvalue weighted by molar-refractivity contribution is 6.30. The molecule has 3 nitrogen and oxygen atoms in total. The molecule has 1 heterocycles. The van der Waals surface area contributed by atoms with Gasteiger partial charge in [0.2, 0.25) is 6.08 Å². The third-order valence-corrected chi connectivity index (χ3v) is 2.83. The van der Waals surface area contributed by atoms with E-state index in [0.717, 1.165) is 11.1 Å². The van der Waals surface area contributed by atoms with Gasteiger partial charge in [0.1, 0.15) is 0 Å². The maximum atomic E-state index is 10.5. The van der Waals surface area contributed by atoms with E-state index in [1.165, 1.54) is 0 Å². The average molecular weight is 259 g/mol. The van der Waals surface area contributed by atoms with Gasteiger partial charge in [-0.2, -0.15) is 4.99 Å². The van der Waals surface area contributed by atoms with Gasteiger partial charge in [0.25, 0.3) is 0 Å². The fourth-order valence-corrected chi connectivity index (χ4v) is 1.96. The molecule has 0 radical (unpaired) electrons. The van der Waals surface area contributed by atoms with E-state index in [1.807, 2.05) is 30.3 Å². The number of pyridine rings is 1. The summed E-state index contributed by atoms with van der Waals surface area (Å²) in [5, 5.41) is 0.629. The van der Waals surface area contributed by atoms with Crippen LogP contribution in [0, 0.1) is 0 Å². The lowest BCUT2D eigenvalue weighted by Gasteiger charge is -2.11. The number of hydrogen-bond donors (Lipinski definition) is 0. The van der Waals surface area contributed by atoms with Crippen molar-refractivity contribution in [1.29, 1.82) is 0 Å². The Balaban J connectivity index is 2.26. The van der Waals surface area contributed by atoms with Crippen molar-refractivity contribution in [1.82, 2.24) is 4.98 Å². The minimum atomic E-state index is -0.273. The van der Waals surface area contributed by atoms with Crippen LogP contribution in [0.3, 0.4) is 0 Å². The standard InChI is InChI=1S/C14H11ClN2O/c15-13-5-1-4-12(8-13)14(17-10-18)7-11-3-2-6-16-9-11/h1-6,8-9,14H,7H2. The molecule has 0 aliphatic rings. The first-order valence-corrected chi connectivity index (χ1v) is 5.89. The minimum absolute atomic E-state index is 0.273. The molecule has 0 aliphatic heterocycles. The second kappa shape index (κ2) is 6.10. The Kier molecular flexibility index (Phi) is 4.24. The number of nitrogens with zero attached hydrogens (tertiary/aromatic N) is 2. The fraction of sp³-hybridized carbons (Fsp3) is 0.143. The Morgan fingerprint density at radius 1 is 1.33 bits per heavy atom. The van der Waals surface area contributed by atoms with Crippen LogP contribution in [0.2, 0.25) is 5.02 Å². The van der Waals surface area contributed by atoms with Crippen LogP contribution >= 0.6 is 11.6 Å². The van der Waals surface area contributed by atoms with Crippen LogP contribution in [0.25, 0.3) is 0 Å². The quantitative estimate of drug-likeness (QED) is 0.623. The van der Waals surface area contributed by atoms with Gasteiger partial charge in [-0.15, -0.1) is 0 Å². The lowest BCUT2D eigenvalue weighted by atomic mass is 10.0. The molecule has 0 saturated heterocycles. The van der Waals surface area contributed by atoms with Crippen LogP contribution in [0.1, 0.15) is 17.2 Å². The molecule has 1 aromatic carbocycles. The van der Waals surface area contributed by atoms with Crippen molar-refractivity contribution < 1.29 is 4.79 Å². The molecule has 4 heteroatoms. The molecule has 18 heavy (non-hydrogen) atoms. The van der Waals surface area contributed by atoms with Gasteiger partial charge in [0.15, 0.2) is 0 Å². The molecule has 2 aromatic rings. The second-order valence-corrected chi connectivity index (χ2v) is 4.29. The highest BCUT2D eigenvalue weighted by Gasteiger charge is 2.11. The summed E-state index contributed by atoms with van der Waals surface area (Å²) in [7, 11) is 0. The van der Waals surface area contributed by atoms with Crippen molar-refractivity contribution >= 4 is 17.7 Å². The number of benzene rings is 1. The molecular formula is C14H11ClN2O. The van der Waals surface area contributed by atoms with Gasteiger partial charge in [0.05, 0.1) is 6.04 Å². The Morgan fingerprint density at radius 2 is 2.22 bits per heavy atom. The molecule has 0 saturated carbocycles. The normalized spacial score (nSPS) is 11.6. The molecule has 2 rings (SSSR count). The molecule has 0 amide bonds. The topological polar surface area (TPSA) is 42.3 Å². The summed E-state index contributed by atoms with van der Waals surface area (Å²) in [6.45, 7) is 0. The summed E-state index contributed by atoms with van der Waals surface area (Å²) in [4.78, 5) is 18.4. The van der Waals surface area contributed by atoms with Gasteiger partial charge in [-0.3, -0.25) is 4.98 Å². The highest BCUT2D eigenvalue weighted by Crippen LogP contribution is 2.24. The number of halogens is 1. The molecular weight excluding hydrogens is 248 g/mol. The van der Waals surface area contributed by atoms with E-state index < -0.39 is 0 Å². The van der Waals surface area contributed by atoms with Crippen LogP contribution in [0.4, 0.5) is 0 Å². The second-order valence-electron chi connectivity index (χ2n) is 3.86. The van der Waals surface area contributed by atoms with Crippen LogP contribution in [0.15, 0.2) is 53.8 Å². The average Bonchev–Trinajstić information content (AvgIpc) is 2.39. The van der Waals surface area contributed by atoms with E-state index in [2.05, 4.69) is 9.98 Å². The highest BCUT2D eigenvalue weighted by atomic mass is 35.5. The van der Waals surface area contributed by atoms with E-state index in [9.17, 15) is 4.79 Å². The zero-order chi connectivity index (χ0) is 12.8. The zero-order valence-corrected chi connectivity index (χ0v) is 10.3. The SMILES string of the molecule is O=C=NC(Cc1cccnc1)c1cccc(Cl)c1. The van der Waals surface area contributed by atoms with Gasteiger partial charge in [-0.1, -0.05) is 29.8 Å². The maximum Gasteiger partial charge on any atom is 0.235 e. The summed E-state index contributed by atoms with van der Waals surface area (Å²) in [6.07, 6.45) is 5.69. The first kappa shape index (κ1) is 12.5. The zero-order valence-electron chi connectivity index (χ0n) is 9.58. The Hall–Kier alpha value is -1.96. The molecule has 0 spiro atoms. The largest absolute Gasteiger partial charge is 0.264 e. The number of rotatable bonds is 4. The first-order chi connectivity index (χ1) is 8.79. The Bertz CT molecular complexity index is 565. The number of isocyanates is 1. The molecule has 1 unspecified atom stereocenters. The van der Waals surface area contributed by atoms with Gasteiger partial charge < -0.3 is 0 Å². The predicted octanol–water partition coefficient (Wildman–Crippen LogP) is 3.35. The van der Waals surface area contributed by atoms with E-state index in [4.69, 9.17) is 11.6 Å². The Morgan fingerprint density at radius 3 is 2.89 bits per heavy atom.